The van der Waals surface area contributed by atoms with E-state index in [4.69, 9.17) is 4.74 Å². The molecule has 1 atom stereocenters. The van der Waals surface area contributed by atoms with Crippen LogP contribution in [-0.4, -0.2) is 41.4 Å². The molecule has 1 fully saturated rings. The number of piperidine rings is 1. The van der Waals surface area contributed by atoms with Gasteiger partial charge in [-0.1, -0.05) is 0 Å². The van der Waals surface area contributed by atoms with Crippen LogP contribution in [0.5, 0.6) is 5.75 Å². The Morgan fingerprint density at radius 1 is 1.26 bits per heavy atom. The molecule has 1 unspecified atom stereocenters. The minimum Gasteiger partial charge on any atom is -0.495 e. The highest BCUT2D eigenvalue weighted by Crippen LogP contribution is 2.25. The van der Waals surface area contributed by atoms with Crippen LogP contribution < -0.4 is 15.0 Å². The van der Waals surface area contributed by atoms with Crippen LogP contribution in [0.25, 0.3) is 0 Å². The lowest BCUT2D eigenvalue weighted by Gasteiger charge is -2.34. The maximum atomic E-state index is 5.40. The molecule has 0 amide bonds. The van der Waals surface area contributed by atoms with Gasteiger partial charge in [-0.3, -0.25) is 4.98 Å². The molecule has 0 aromatic carbocycles. The Morgan fingerprint density at radius 3 is 2.78 bits per heavy atom. The lowest BCUT2D eigenvalue weighted by atomic mass is 10.0. The van der Waals surface area contributed by atoms with E-state index >= 15 is 0 Å². The van der Waals surface area contributed by atoms with Crippen LogP contribution in [0.1, 0.15) is 31.4 Å². The molecule has 0 spiro atoms. The molecule has 6 heteroatoms. The van der Waals surface area contributed by atoms with E-state index < -0.39 is 0 Å². The second-order valence-corrected chi connectivity index (χ2v) is 5.85. The van der Waals surface area contributed by atoms with Crippen molar-refractivity contribution in [1.82, 2.24) is 20.5 Å². The van der Waals surface area contributed by atoms with Crippen LogP contribution in [0.2, 0.25) is 0 Å². The SMILES string of the molecule is COc1cnccc1C(C)NC1CCN(c2cccnn2)CC1. The first kappa shape index (κ1) is 15.7. The molecule has 1 N–H and O–H groups in total. The molecule has 0 radical (unpaired) electrons. The molecule has 2 aromatic rings. The number of nitrogens with one attached hydrogen (secondary N) is 1. The summed E-state index contributed by atoms with van der Waals surface area (Å²) in [6.45, 7) is 4.17. The maximum absolute atomic E-state index is 5.40. The van der Waals surface area contributed by atoms with Crippen LogP contribution in [0.4, 0.5) is 5.82 Å². The second-order valence-electron chi connectivity index (χ2n) is 5.85. The summed E-state index contributed by atoms with van der Waals surface area (Å²) in [4.78, 5) is 6.41. The first-order valence-corrected chi connectivity index (χ1v) is 8.04. The average molecular weight is 313 g/mol. The summed E-state index contributed by atoms with van der Waals surface area (Å²) in [6, 6.07) is 6.71. The van der Waals surface area contributed by atoms with Crippen molar-refractivity contribution in [2.75, 3.05) is 25.1 Å². The number of methoxy groups -OCH3 is 1. The molecular formula is C17H23N5O. The molecule has 1 aliphatic heterocycles. The average Bonchev–Trinajstić information content (AvgIpc) is 2.63. The number of anilines is 1. The van der Waals surface area contributed by atoms with E-state index in [0.717, 1.165) is 43.1 Å². The van der Waals surface area contributed by atoms with Crippen molar-refractivity contribution in [2.45, 2.75) is 31.8 Å². The molecule has 122 valence electrons. The van der Waals surface area contributed by atoms with Crippen LogP contribution in [0.15, 0.2) is 36.8 Å². The number of hydrogen-bond acceptors (Lipinski definition) is 6. The molecule has 6 nitrogen and oxygen atoms in total. The minimum atomic E-state index is 0.237. The highest BCUT2D eigenvalue weighted by Gasteiger charge is 2.22. The highest BCUT2D eigenvalue weighted by molar-refractivity contribution is 5.37. The molecule has 2 aromatic heterocycles. The van der Waals surface area contributed by atoms with Crippen LogP contribution in [-0.2, 0) is 0 Å². The van der Waals surface area contributed by atoms with Crippen molar-refractivity contribution >= 4 is 5.82 Å². The van der Waals surface area contributed by atoms with Gasteiger partial charge in [0, 0.05) is 43.1 Å². The van der Waals surface area contributed by atoms with Gasteiger partial charge < -0.3 is 15.0 Å². The zero-order chi connectivity index (χ0) is 16.1. The first-order chi connectivity index (χ1) is 11.3. The van der Waals surface area contributed by atoms with Gasteiger partial charge in [0.2, 0.25) is 0 Å². The van der Waals surface area contributed by atoms with Crippen molar-refractivity contribution in [1.29, 1.82) is 0 Å². The first-order valence-electron chi connectivity index (χ1n) is 8.04. The third-order valence-electron chi connectivity index (χ3n) is 4.37. The number of nitrogens with zero attached hydrogens (tertiary/aromatic N) is 4. The van der Waals surface area contributed by atoms with E-state index in [0.29, 0.717) is 6.04 Å². The fourth-order valence-corrected chi connectivity index (χ4v) is 3.10. The van der Waals surface area contributed by atoms with Gasteiger partial charge in [0.15, 0.2) is 5.82 Å². The van der Waals surface area contributed by atoms with E-state index in [1.165, 1.54) is 0 Å². The summed E-state index contributed by atoms with van der Waals surface area (Å²) in [5, 5.41) is 11.9. The van der Waals surface area contributed by atoms with Gasteiger partial charge in [0.1, 0.15) is 5.75 Å². The topological polar surface area (TPSA) is 63.2 Å². The number of ether oxygens (including phenoxy) is 1. The lowest BCUT2D eigenvalue weighted by molar-refractivity contribution is 0.363. The Labute approximate surface area is 136 Å². The Hall–Kier alpha value is -2.21. The third-order valence-corrected chi connectivity index (χ3v) is 4.37. The molecule has 1 saturated heterocycles. The van der Waals surface area contributed by atoms with Crippen molar-refractivity contribution < 1.29 is 4.74 Å². The monoisotopic (exact) mass is 313 g/mol. The third kappa shape index (κ3) is 3.76. The summed E-state index contributed by atoms with van der Waals surface area (Å²) in [5.74, 6) is 1.80. The summed E-state index contributed by atoms with van der Waals surface area (Å²) in [7, 11) is 1.69. The zero-order valence-corrected chi connectivity index (χ0v) is 13.6. The van der Waals surface area contributed by atoms with Crippen molar-refractivity contribution in [2.24, 2.45) is 0 Å². The standard InChI is InChI=1S/C17H23N5O/c1-13(15-5-9-18-12-16(15)23-2)20-14-6-10-22(11-7-14)17-4-3-8-19-21-17/h3-5,8-9,12-14,20H,6-7,10-11H2,1-2H3. The Morgan fingerprint density at radius 2 is 2.09 bits per heavy atom. The molecule has 0 bridgehead atoms. The largest absolute Gasteiger partial charge is 0.495 e. The predicted molar refractivity (Wildman–Crippen MR) is 89.6 cm³/mol. The molecule has 3 heterocycles. The Balaban J connectivity index is 1.56. The van der Waals surface area contributed by atoms with Gasteiger partial charge in [-0.05, 0) is 38.0 Å². The van der Waals surface area contributed by atoms with Gasteiger partial charge in [-0.2, -0.15) is 5.10 Å². The smallest absolute Gasteiger partial charge is 0.151 e. The van der Waals surface area contributed by atoms with E-state index in [9.17, 15) is 0 Å². The molecule has 3 rings (SSSR count). The van der Waals surface area contributed by atoms with E-state index in [2.05, 4.69) is 32.3 Å². The summed E-state index contributed by atoms with van der Waals surface area (Å²) >= 11 is 0. The minimum absolute atomic E-state index is 0.237. The van der Waals surface area contributed by atoms with E-state index in [-0.39, 0.29) is 6.04 Å². The normalized spacial score (nSPS) is 17.0. The summed E-state index contributed by atoms with van der Waals surface area (Å²) in [6.07, 6.45) is 7.47. The quantitative estimate of drug-likeness (QED) is 0.913. The van der Waals surface area contributed by atoms with Crippen LogP contribution >= 0.6 is 0 Å². The van der Waals surface area contributed by atoms with Gasteiger partial charge in [-0.25, -0.2) is 0 Å². The fraction of sp³-hybridized carbons (Fsp3) is 0.471. The molecular weight excluding hydrogens is 290 g/mol. The number of rotatable bonds is 5. The van der Waals surface area contributed by atoms with Gasteiger partial charge in [-0.15, -0.1) is 5.10 Å². The predicted octanol–water partition coefficient (Wildman–Crippen LogP) is 2.20. The Bertz CT molecular complexity index is 613. The van der Waals surface area contributed by atoms with Crippen LogP contribution in [0, 0.1) is 0 Å². The van der Waals surface area contributed by atoms with Gasteiger partial charge >= 0.3 is 0 Å². The number of hydrogen-bond donors (Lipinski definition) is 1. The maximum Gasteiger partial charge on any atom is 0.151 e. The highest BCUT2D eigenvalue weighted by atomic mass is 16.5. The fourth-order valence-electron chi connectivity index (χ4n) is 3.10. The van der Waals surface area contributed by atoms with Crippen molar-refractivity contribution in [3.8, 4) is 5.75 Å². The molecule has 0 saturated carbocycles. The molecule has 0 aliphatic carbocycles. The van der Waals surface area contributed by atoms with Gasteiger partial charge in [0.05, 0.1) is 13.3 Å². The van der Waals surface area contributed by atoms with E-state index in [1.807, 2.05) is 24.4 Å². The van der Waals surface area contributed by atoms with Crippen molar-refractivity contribution in [3.05, 3.63) is 42.4 Å². The van der Waals surface area contributed by atoms with Gasteiger partial charge in [0.25, 0.3) is 0 Å². The molecule has 1 aliphatic rings. The lowest BCUT2D eigenvalue weighted by Crippen LogP contribution is -2.43. The Kier molecular flexibility index (Phi) is 5.02. The summed E-state index contributed by atoms with van der Waals surface area (Å²) < 4.78 is 5.40. The second kappa shape index (κ2) is 7.37. The summed E-state index contributed by atoms with van der Waals surface area (Å²) in [5.41, 5.74) is 1.15. The van der Waals surface area contributed by atoms with Crippen LogP contribution in [0.3, 0.4) is 0 Å². The molecule has 23 heavy (non-hydrogen) atoms. The number of pyridine rings is 1. The zero-order valence-electron chi connectivity index (χ0n) is 13.6. The van der Waals surface area contributed by atoms with E-state index in [1.54, 1.807) is 19.5 Å². The van der Waals surface area contributed by atoms with Crippen molar-refractivity contribution in [3.63, 3.8) is 0 Å². The number of aromatic nitrogens is 3.